The summed E-state index contributed by atoms with van der Waals surface area (Å²) in [5.74, 6) is 0.857. The number of carbonyl (C=O) groups excluding carboxylic acids is 1. The minimum atomic E-state index is -1.98. The first-order valence-electron chi connectivity index (χ1n) is 18.4. The summed E-state index contributed by atoms with van der Waals surface area (Å²) in [6.07, 6.45) is 27.0. The van der Waals surface area contributed by atoms with Gasteiger partial charge in [0, 0.05) is 31.7 Å². The van der Waals surface area contributed by atoms with Crippen LogP contribution < -0.4 is 0 Å². The molecular formula is C36H75N2O3P. The number of aliphatic hydroxyl groups is 1. The molecule has 1 N–H and O–H groups in total. The van der Waals surface area contributed by atoms with Crippen molar-refractivity contribution in [2.75, 3.05) is 46.5 Å². The molecule has 0 aromatic rings. The average Bonchev–Trinajstić information content (AvgIpc) is 2.98. The van der Waals surface area contributed by atoms with Crippen LogP contribution in [-0.2, 0) is 9.36 Å². The molecule has 0 spiro atoms. The Hall–Kier alpha value is -0.380. The highest BCUT2D eigenvalue weighted by atomic mass is 31.1. The minimum absolute atomic E-state index is 0.00857. The minimum Gasteiger partial charge on any atom is -0.396 e. The lowest BCUT2D eigenvalue weighted by atomic mass is 9.91. The fourth-order valence-corrected chi connectivity index (χ4v) is 7.75. The summed E-state index contributed by atoms with van der Waals surface area (Å²) in [6, 6.07) is 0. The van der Waals surface area contributed by atoms with Gasteiger partial charge in [0.2, 0.25) is 5.91 Å². The van der Waals surface area contributed by atoms with Gasteiger partial charge in [-0.3, -0.25) is 4.79 Å². The Balaban J connectivity index is 5.29. The summed E-state index contributed by atoms with van der Waals surface area (Å²) in [7, 11) is 2.01. The van der Waals surface area contributed by atoms with Gasteiger partial charge in [-0.25, -0.2) is 0 Å². The molecule has 0 saturated heterocycles. The van der Waals surface area contributed by atoms with Crippen LogP contribution in [0.4, 0.5) is 0 Å². The van der Waals surface area contributed by atoms with Gasteiger partial charge in [0.25, 0.3) is 0 Å². The van der Waals surface area contributed by atoms with Gasteiger partial charge in [-0.1, -0.05) is 150 Å². The lowest BCUT2D eigenvalue weighted by Crippen LogP contribution is -2.42. The zero-order valence-electron chi connectivity index (χ0n) is 29.3. The van der Waals surface area contributed by atoms with Crippen molar-refractivity contribution < 1.29 is 14.5 Å². The molecule has 5 nitrogen and oxygen atoms in total. The number of hydrogen-bond donors (Lipinski definition) is 1. The van der Waals surface area contributed by atoms with Gasteiger partial charge in [0.05, 0.1) is 20.1 Å². The van der Waals surface area contributed by atoms with E-state index < -0.39 is 7.80 Å². The van der Waals surface area contributed by atoms with Gasteiger partial charge in [-0.05, 0) is 32.9 Å². The van der Waals surface area contributed by atoms with Crippen LogP contribution in [0.2, 0.25) is 0 Å². The van der Waals surface area contributed by atoms with Gasteiger partial charge >= 0.3 is 0 Å². The Bertz CT molecular complexity index is 631. The summed E-state index contributed by atoms with van der Waals surface area (Å²) < 4.78 is 13.2. The van der Waals surface area contributed by atoms with Crippen molar-refractivity contribution in [3.63, 3.8) is 0 Å². The molecule has 4 unspecified atom stereocenters. The lowest BCUT2D eigenvalue weighted by molar-refractivity contribution is -0.135. The summed E-state index contributed by atoms with van der Waals surface area (Å²) in [5, 5.41) is 10.2. The van der Waals surface area contributed by atoms with E-state index in [1.807, 2.05) is 19.0 Å². The molecular weight excluding hydrogens is 539 g/mol. The highest BCUT2D eigenvalue weighted by Crippen LogP contribution is 2.30. The Kier molecular flexibility index (Phi) is 29.1. The summed E-state index contributed by atoms with van der Waals surface area (Å²) in [5.41, 5.74) is -0.300. The van der Waals surface area contributed by atoms with Gasteiger partial charge < -0.3 is 19.5 Å². The third kappa shape index (κ3) is 23.1. The molecule has 0 bridgehead atoms. The fourth-order valence-electron chi connectivity index (χ4n) is 6.04. The Morgan fingerprint density at radius 2 is 1.12 bits per heavy atom. The average molecular weight is 615 g/mol. The first-order chi connectivity index (χ1) is 20.3. The number of rotatable bonds is 31. The number of carbonyl (C=O) groups is 1. The predicted octanol–water partition coefficient (Wildman–Crippen LogP) is 9.80. The Morgan fingerprint density at radius 3 is 1.60 bits per heavy atom. The van der Waals surface area contributed by atoms with E-state index in [9.17, 15) is 14.5 Å². The first-order valence-corrected chi connectivity index (χ1v) is 20.1. The second kappa shape index (κ2) is 29.3. The van der Waals surface area contributed by atoms with Gasteiger partial charge in [-0.15, -0.1) is 0 Å². The maximum atomic E-state index is 13.8. The topological polar surface area (TPSA) is 60.9 Å². The van der Waals surface area contributed by atoms with Crippen LogP contribution >= 0.6 is 7.80 Å². The monoisotopic (exact) mass is 615 g/mol. The fraction of sp³-hybridized carbons (Fsp3) is 0.972. The number of amides is 1. The van der Waals surface area contributed by atoms with E-state index >= 15 is 0 Å². The third-order valence-corrected chi connectivity index (χ3v) is 11.1. The summed E-state index contributed by atoms with van der Waals surface area (Å²) >= 11 is 0. The second-order valence-electron chi connectivity index (χ2n) is 13.6. The Morgan fingerprint density at radius 1 is 0.667 bits per heavy atom. The molecule has 0 radical (unpaired) electrons. The van der Waals surface area contributed by atoms with E-state index in [1.54, 1.807) is 0 Å². The van der Waals surface area contributed by atoms with Gasteiger partial charge in [0.1, 0.15) is 0 Å². The largest absolute Gasteiger partial charge is 0.396 e. The number of hydrogen-bond acceptors (Lipinski definition) is 4. The number of unbranched alkanes of at least 4 members (excludes halogenated alkanes) is 14. The summed E-state index contributed by atoms with van der Waals surface area (Å²) in [4.78, 5) is 17.9. The first kappa shape index (κ1) is 41.6. The molecule has 0 aromatic carbocycles. The van der Waals surface area contributed by atoms with E-state index in [-0.39, 0.29) is 24.1 Å². The van der Waals surface area contributed by atoms with E-state index in [1.165, 1.54) is 116 Å². The van der Waals surface area contributed by atoms with Gasteiger partial charge in [-0.2, -0.15) is 0 Å². The smallest absolute Gasteiger partial charge is 0.225 e. The molecule has 0 heterocycles. The van der Waals surface area contributed by atoms with Crippen molar-refractivity contribution in [2.24, 2.45) is 11.8 Å². The van der Waals surface area contributed by atoms with Crippen molar-refractivity contribution in [3.8, 4) is 0 Å². The molecule has 252 valence electrons. The quantitative estimate of drug-likeness (QED) is 0.0624. The molecule has 0 aliphatic heterocycles. The molecule has 4 atom stereocenters. The molecule has 0 aromatic heterocycles. The zero-order valence-corrected chi connectivity index (χ0v) is 30.3. The molecule has 0 aliphatic carbocycles. The lowest BCUT2D eigenvalue weighted by Gasteiger charge is -2.31. The van der Waals surface area contributed by atoms with Crippen LogP contribution in [0.25, 0.3) is 0 Å². The van der Waals surface area contributed by atoms with Crippen LogP contribution in [0.1, 0.15) is 163 Å². The van der Waals surface area contributed by atoms with Crippen LogP contribution in [0, 0.1) is 11.8 Å². The predicted molar refractivity (Wildman–Crippen MR) is 187 cm³/mol. The SMILES string of the molecule is CCCCCCCCCC(CCCCCC)CCN(CC(CO)[PH](=O)CCN(C)C)C(=O)C(C)CCCCCCCC. The maximum Gasteiger partial charge on any atom is 0.225 e. The molecule has 6 heteroatoms. The van der Waals surface area contributed by atoms with E-state index in [0.29, 0.717) is 18.6 Å². The van der Waals surface area contributed by atoms with Crippen LogP contribution in [-0.4, -0.2) is 73.0 Å². The van der Waals surface area contributed by atoms with Crippen LogP contribution in [0.15, 0.2) is 0 Å². The molecule has 0 aliphatic rings. The standard InChI is InChI=1S/C36H75N2O3P/c1-7-10-13-16-18-20-23-26-34(25-22-15-12-9-3)27-28-38(31-35(32-39)42(41)30-29-37(5)6)36(40)33(4)24-21-19-17-14-11-8-2/h33-35,39,42H,7-32H2,1-6H3. The van der Waals surface area contributed by atoms with E-state index in [4.69, 9.17) is 0 Å². The number of aliphatic hydroxyl groups excluding tert-OH is 1. The third-order valence-electron chi connectivity index (χ3n) is 9.13. The summed E-state index contributed by atoms with van der Waals surface area (Å²) in [6.45, 7) is 10.7. The van der Waals surface area contributed by atoms with Crippen LogP contribution in [0.3, 0.4) is 0 Å². The van der Waals surface area contributed by atoms with Crippen molar-refractivity contribution in [2.45, 2.75) is 168 Å². The zero-order chi connectivity index (χ0) is 31.4. The van der Waals surface area contributed by atoms with E-state index in [0.717, 1.165) is 32.4 Å². The highest BCUT2D eigenvalue weighted by molar-refractivity contribution is 7.45. The molecule has 0 rings (SSSR count). The molecule has 0 fully saturated rings. The van der Waals surface area contributed by atoms with Crippen molar-refractivity contribution in [3.05, 3.63) is 0 Å². The number of nitrogens with zero attached hydrogens (tertiary/aromatic N) is 2. The van der Waals surface area contributed by atoms with Crippen molar-refractivity contribution in [1.29, 1.82) is 0 Å². The molecule has 0 saturated carbocycles. The second-order valence-corrected chi connectivity index (χ2v) is 15.8. The van der Waals surface area contributed by atoms with Gasteiger partial charge in [0.15, 0.2) is 0 Å². The molecule has 1 amide bonds. The van der Waals surface area contributed by atoms with Crippen molar-refractivity contribution in [1.82, 2.24) is 9.80 Å². The van der Waals surface area contributed by atoms with Crippen LogP contribution in [0.5, 0.6) is 0 Å². The van der Waals surface area contributed by atoms with E-state index in [2.05, 4.69) is 32.6 Å². The molecule has 42 heavy (non-hydrogen) atoms. The Labute approximate surface area is 264 Å². The maximum absolute atomic E-state index is 13.8. The highest BCUT2D eigenvalue weighted by Gasteiger charge is 2.26. The van der Waals surface area contributed by atoms with Crippen molar-refractivity contribution >= 4 is 13.7 Å². The normalized spacial score (nSPS) is 14.7.